The summed E-state index contributed by atoms with van der Waals surface area (Å²) in [5.74, 6) is -0.315. The minimum Gasteiger partial charge on any atom is -0.448 e. The lowest BCUT2D eigenvalue weighted by Crippen LogP contribution is -2.40. The molecule has 0 saturated heterocycles. The average Bonchev–Trinajstić information content (AvgIpc) is 2.68. The van der Waals surface area contributed by atoms with Crippen molar-refractivity contribution >= 4 is 17.9 Å². The molecule has 0 aliphatic heterocycles. The van der Waals surface area contributed by atoms with Crippen LogP contribution < -0.4 is 4.90 Å². The van der Waals surface area contributed by atoms with Crippen molar-refractivity contribution in [1.82, 2.24) is 0 Å². The van der Waals surface area contributed by atoms with Crippen molar-refractivity contribution < 1.29 is 18.7 Å². The summed E-state index contributed by atoms with van der Waals surface area (Å²) in [6.45, 7) is 8.64. The molecule has 5 nitrogen and oxygen atoms in total. The van der Waals surface area contributed by atoms with Crippen LogP contribution in [0.1, 0.15) is 27.2 Å². The van der Waals surface area contributed by atoms with E-state index in [4.69, 9.17) is 9.15 Å². The zero-order valence-corrected chi connectivity index (χ0v) is 10.8. The summed E-state index contributed by atoms with van der Waals surface area (Å²) in [7, 11) is 0. The molecule has 0 fully saturated rings. The number of hydrogen-bond donors (Lipinski definition) is 0. The molecule has 5 heteroatoms. The fourth-order valence-electron chi connectivity index (χ4n) is 1.23. The van der Waals surface area contributed by atoms with Gasteiger partial charge >= 0.3 is 6.09 Å². The van der Waals surface area contributed by atoms with Gasteiger partial charge < -0.3 is 9.15 Å². The first kappa shape index (κ1) is 14.0. The van der Waals surface area contributed by atoms with Crippen LogP contribution in [0.5, 0.6) is 0 Å². The van der Waals surface area contributed by atoms with Crippen LogP contribution in [0.25, 0.3) is 0 Å². The number of nitrogens with zero attached hydrogens (tertiary/aromatic N) is 1. The van der Waals surface area contributed by atoms with Gasteiger partial charge in [-0.1, -0.05) is 6.08 Å². The van der Waals surface area contributed by atoms with E-state index in [1.54, 1.807) is 26.8 Å². The Morgan fingerprint density at radius 1 is 1.50 bits per heavy atom. The molecule has 0 aliphatic carbocycles. The molecular formula is C13H17NO4. The zero-order chi connectivity index (χ0) is 13.8. The van der Waals surface area contributed by atoms with Crippen LogP contribution in [-0.2, 0) is 9.53 Å². The first-order valence-electron chi connectivity index (χ1n) is 5.55. The van der Waals surface area contributed by atoms with Gasteiger partial charge in [0.1, 0.15) is 5.60 Å². The van der Waals surface area contributed by atoms with Crippen LogP contribution in [0.15, 0.2) is 35.5 Å². The number of anilines is 1. The van der Waals surface area contributed by atoms with Crippen molar-refractivity contribution in [3.63, 3.8) is 0 Å². The van der Waals surface area contributed by atoms with Crippen molar-refractivity contribution in [3.8, 4) is 0 Å². The smallest absolute Gasteiger partial charge is 0.424 e. The number of ether oxygens (including phenoxy) is 1. The van der Waals surface area contributed by atoms with Crippen molar-refractivity contribution in [2.75, 3.05) is 4.90 Å². The quantitative estimate of drug-likeness (QED) is 0.774. The third-order valence-electron chi connectivity index (χ3n) is 1.87. The number of amides is 2. The molecule has 0 bridgehead atoms. The van der Waals surface area contributed by atoms with Crippen molar-refractivity contribution in [1.29, 1.82) is 0 Å². The van der Waals surface area contributed by atoms with E-state index in [0.29, 0.717) is 0 Å². The molecule has 2 amide bonds. The molecule has 0 aromatic carbocycles. The van der Waals surface area contributed by atoms with E-state index in [9.17, 15) is 9.59 Å². The third-order valence-corrected chi connectivity index (χ3v) is 1.87. The minimum atomic E-state index is -0.760. The van der Waals surface area contributed by atoms with Crippen molar-refractivity contribution in [2.24, 2.45) is 0 Å². The molecule has 1 aromatic rings. The first-order valence-corrected chi connectivity index (χ1v) is 5.55. The van der Waals surface area contributed by atoms with E-state index in [-0.39, 0.29) is 12.3 Å². The van der Waals surface area contributed by atoms with Gasteiger partial charge in [-0.3, -0.25) is 4.79 Å². The predicted molar refractivity (Wildman–Crippen MR) is 67.2 cm³/mol. The monoisotopic (exact) mass is 251 g/mol. The molecule has 0 spiro atoms. The second-order valence-electron chi connectivity index (χ2n) is 4.65. The average molecular weight is 251 g/mol. The molecule has 1 aromatic heterocycles. The maximum absolute atomic E-state index is 12.0. The van der Waals surface area contributed by atoms with Gasteiger partial charge in [-0.05, 0) is 26.8 Å². The van der Waals surface area contributed by atoms with Gasteiger partial charge in [-0.25, -0.2) is 4.79 Å². The van der Waals surface area contributed by atoms with Gasteiger partial charge in [0, 0.05) is 12.5 Å². The number of imide groups is 1. The van der Waals surface area contributed by atoms with Crippen LogP contribution in [-0.4, -0.2) is 17.6 Å². The number of hydrogen-bond acceptors (Lipinski definition) is 4. The Labute approximate surface area is 106 Å². The molecule has 0 aliphatic rings. The van der Waals surface area contributed by atoms with Crippen molar-refractivity contribution in [2.45, 2.75) is 32.8 Å². The first-order chi connectivity index (χ1) is 8.35. The highest BCUT2D eigenvalue weighted by molar-refractivity contribution is 6.11. The largest absolute Gasteiger partial charge is 0.448 e. The molecule has 0 saturated carbocycles. The lowest BCUT2D eigenvalue weighted by molar-refractivity contribution is -0.117. The van der Waals surface area contributed by atoms with Gasteiger partial charge in [-0.2, -0.15) is 4.90 Å². The highest BCUT2D eigenvalue weighted by Gasteiger charge is 2.29. The highest BCUT2D eigenvalue weighted by Crippen LogP contribution is 2.19. The lowest BCUT2D eigenvalue weighted by Gasteiger charge is -2.24. The summed E-state index contributed by atoms with van der Waals surface area (Å²) in [6, 6.07) is 3.11. The maximum atomic E-state index is 12.0. The second kappa shape index (κ2) is 5.53. The number of carbonyl (C=O) groups excluding carboxylic acids is 2. The van der Waals surface area contributed by atoms with Crippen LogP contribution in [0.2, 0.25) is 0 Å². The Bertz CT molecular complexity index is 428. The number of carbonyl (C=O) groups is 2. The third kappa shape index (κ3) is 3.76. The SMILES string of the molecule is C=CCC(=O)N(C(=O)OC(C)(C)C)c1ccco1. The molecule has 0 atom stereocenters. The summed E-state index contributed by atoms with van der Waals surface area (Å²) < 4.78 is 10.2. The predicted octanol–water partition coefficient (Wildman–Crippen LogP) is 3.12. The highest BCUT2D eigenvalue weighted by atomic mass is 16.6. The summed E-state index contributed by atoms with van der Waals surface area (Å²) in [6.07, 6.45) is 2.07. The molecule has 18 heavy (non-hydrogen) atoms. The Hall–Kier alpha value is -2.04. The van der Waals surface area contributed by atoms with Gasteiger partial charge in [-0.15, -0.1) is 6.58 Å². The van der Waals surface area contributed by atoms with E-state index in [0.717, 1.165) is 4.90 Å². The molecule has 0 radical (unpaired) electrons. The summed E-state index contributed by atoms with van der Waals surface area (Å²) >= 11 is 0. The fraction of sp³-hybridized carbons (Fsp3) is 0.385. The van der Waals surface area contributed by atoms with E-state index in [1.165, 1.54) is 18.4 Å². The molecule has 0 unspecified atom stereocenters. The molecular weight excluding hydrogens is 234 g/mol. The molecule has 1 rings (SSSR count). The van der Waals surface area contributed by atoms with E-state index in [1.807, 2.05) is 0 Å². The lowest BCUT2D eigenvalue weighted by atomic mass is 10.2. The minimum absolute atomic E-state index is 0.0277. The normalized spacial score (nSPS) is 10.8. The van der Waals surface area contributed by atoms with Gasteiger partial charge in [0.25, 0.3) is 0 Å². The van der Waals surface area contributed by atoms with Gasteiger partial charge in [0.2, 0.25) is 11.8 Å². The van der Waals surface area contributed by atoms with E-state index in [2.05, 4.69) is 6.58 Å². The Balaban J connectivity index is 2.95. The topological polar surface area (TPSA) is 59.8 Å². The van der Waals surface area contributed by atoms with Crippen LogP contribution in [0, 0.1) is 0 Å². The number of rotatable bonds is 3. The fourth-order valence-corrected chi connectivity index (χ4v) is 1.23. The Kier molecular flexibility index (Phi) is 4.31. The number of furan rings is 1. The summed E-state index contributed by atoms with van der Waals surface area (Å²) in [4.78, 5) is 24.7. The van der Waals surface area contributed by atoms with Crippen LogP contribution in [0.3, 0.4) is 0 Å². The molecule has 0 N–H and O–H groups in total. The van der Waals surface area contributed by atoms with Crippen molar-refractivity contribution in [3.05, 3.63) is 31.1 Å². The zero-order valence-electron chi connectivity index (χ0n) is 10.8. The summed E-state index contributed by atoms with van der Waals surface area (Å²) in [5.41, 5.74) is -0.684. The van der Waals surface area contributed by atoms with Gasteiger partial charge in [0.05, 0.1) is 6.26 Å². The van der Waals surface area contributed by atoms with Crippen LogP contribution in [0.4, 0.5) is 10.7 Å². The molecule has 98 valence electrons. The maximum Gasteiger partial charge on any atom is 0.424 e. The van der Waals surface area contributed by atoms with E-state index < -0.39 is 17.6 Å². The molecule has 1 heterocycles. The van der Waals surface area contributed by atoms with Crippen LogP contribution >= 0.6 is 0 Å². The second-order valence-corrected chi connectivity index (χ2v) is 4.65. The Morgan fingerprint density at radius 3 is 2.61 bits per heavy atom. The van der Waals surface area contributed by atoms with E-state index >= 15 is 0 Å². The van der Waals surface area contributed by atoms with Gasteiger partial charge in [0.15, 0.2) is 0 Å². The standard InChI is InChI=1S/C13H17NO4/c1-5-7-10(15)14(11-8-6-9-17-11)12(16)18-13(2,3)4/h5-6,8-9H,1,7H2,2-4H3. The summed E-state index contributed by atoms with van der Waals surface area (Å²) in [5, 5.41) is 0. The Morgan fingerprint density at radius 2 is 2.17 bits per heavy atom.